The first-order valence-electron chi connectivity index (χ1n) is 4.07. The summed E-state index contributed by atoms with van der Waals surface area (Å²) in [6, 6.07) is 3.72. The molecule has 0 aromatic carbocycles. The first kappa shape index (κ1) is 13.3. The number of nitrogens with zero attached hydrogens (tertiary/aromatic N) is 1. The molecule has 0 saturated heterocycles. The Morgan fingerprint density at radius 3 is 2.73 bits per heavy atom. The average molecular weight is 331 g/mol. The van der Waals surface area contributed by atoms with Crippen LogP contribution in [0.4, 0.5) is 0 Å². The normalized spacial score (nSPS) is 11.7. The molecule has 1 aromatic rings. The van der Waals surface area contributed by atoms with Crippen molar-refractivity contribution in [3.63, 3.8) is 0 Å². The molecule has 0 amide bonds. The Balaban J connectivity index is 2.55. The SMILES string of the molecule is Cc1nc(SCCS(=O)(=O)Cl)ccc1Br. The van der Waals surface area contributed by atoms with Gasteiger partial charge < -0.3 is 0 Å². The highest BCUT2D eigenvalue weighted by Crippen LogP contribution is 2.21. The summed E-state index contributed by atoms with van der Waals surface area (Å²) in [5.41, 5.74) is 0.883. The molecular weight excluding hydrogens is 322 g/mol. The lowest BCUT2D eigenvalue weighted by Crippen LogP contribution is -2.00. The van der Waals surface area contributed by atoms with Crippen LogP contribution in [0.2, 0.25) is 0 Å². The van der Waals surface area contributed by atoms with Gasteiger partial charge in [-0.3, -0.25) is 0 Å². The zero-order chi connectivity index (χ0) is 11.5. The summed E-state index contributed by atoms with van der Waals surface area (Å²) < 4.78 is 22.3. The van der Waals surface area contributed by atoms with Crippen LogP contribution in [0.25, 0.3) is 0 Å². The second-order valence-electron chi connectivity index (χ2n) is 2.81. The third-order valence-corrected chi connectivity index (χ3v) is 4.76. The summed E-state index contributed by atoms with van der Waals surface area (Å²) in [5.74, 6) is 0.371. The minimum atomic E-state index is -3.40. The summed E-state index contributed by atoms with van der Waals surface area (Å²) in [5, 5.41) is 0.802. The molecule has 0 aliphatic heterocycles. The van der Waals surface area contributed by atoms with Gasteiger partial charge in [-0.2, -0.15) is 0 Å². The number of aryl methyl sites for hydroxylation is 1. The summed E-state index contributed by atoms with van der Waals surface area (Å²) in [7, 11) is 1.69. The summed E-state index contributed by atoms with van der Waals surface area (Å²) >= 11 is 4.72. The van der Waals surface area contributed by atoms with Crippen LogP contribution in [0, 0.1) is 6.92 Å². The Bertz CT molecular complexity index is 450. The van der Waals surface area contributed by atoms with Crippen LogP contribution in [0.1, 0.15) is 5.69 Å². The van der Waals surface area contributed by atoms with Crippen LogP contribution < -0.4 is 0 Å². The Morgan fingerprint density at radius 2 is 2.20 bits per heavy atom. The third-order valence-electron chi connectivity index (χ3n) is 1.57. The Morgan fingerprint density at radius 1 is 1.53 bits per heavy atom. The molecule has 0 fully saturated rings. The van der Waals surface area contributed by atoms with Crippen molar-refractivity contribution in [2.45, 2.75) is 11.9 Å². The smallest absolute Gasteiger partial charge is 0.233 e. The molecule has 84 valence electrons. The molecule has 0 unspecified atom stereocenters. The van der Waals surface area contributed by atoms with E-state index < -0.39 is 9.05 Å². The molecule has 1 rings (SSSR count). The molecule has 7 heteroatoms. The molecule has 1 heterocycles. The second kappa shape index (κ2) is 5.52. The van der Waals surface area contributed by atoms with Crippen molar-refractivity contribution < 1.29 is 8.42 Å². The fourth-order valence-electron chi connectivity index (χ4n) is 0.847. The molecule has 0 aliphatic rings. The second-order valence-corrected chi connectivity index (χ2v) is 7.67. The van der Waals surface area contributed by atoms with Crippen LogP contribution in [-0.4, -0.2) is 24.9 Å². The maximum atomic E-state index is 10.7. The largest absolute Gasteiger partial charge is 0.246 e. The van der Waals surface area contributed by atoms with Gasteiger partial charge in [0.2, 0.25) is 9.05 Å². The predicted octanol–water partition coefficient (Wildman–Crippen LogP) is 2.81. The molecule has 0 atom stereocenters. The topological polar surface area (TPSA) is 47.0 Å². The van der Waals surface area contributed by atoms with Crippen molar-refractivity contribution >= 4 is 47.4 Å². The lowest BCUT2D eigenvalue weighted by Gasteiger charge is -2.02. The molecule has 0 radical (unpaired) electrons. The van der Waals surface area contributed by atoms with Crippen molar-refractivity contribution in [3.8, 4) is 0 Å². The number of halogens is 2. The number of thioether (sulfide) groups is 1. The molecule has 0 aliphatic carbocycles. The van der Waals surface area contributed by atoms with Crippen LogP contribution in [0.15, 0.2) is 21.6 Å². The summed E-state index contributed by atoms with van der Waals surface area (Å²) in [4.78, 5) is 4.27. The van der Waals surface area contributed by atoms with E-state index in [1.807, 2.05) is 19.1 Å². The monoisotopic (exact) mass is 329 g/mol. The minimum Gasteiger partial charge on any atom is -0.246 e. The van der Waals surface area contributed by atoms with E-state index in [0.717, 1.165) is 15.2 Å². The van der Waals surface area contributed by atoms with Crippen molar-refractivity contribution in [1.82, 2.24) is 4.98 Å². The van der Waals surface area contributed by atoms with Gasteiger partial charge in [-0.15, -0.1) is 11.8 Å². The Hall–Kier alpha value is 0.220. The maximum Gasteiger partial charge on any atom is 0.233 e. The zero-order valence-corrected chi connectivity index (χ0v) is 11.9. The van der Waals surface area contributed by atoms with Crippen LogP contribution in [0.5, 0.6) is 0 Å². The number of pyridine rings is 1. The first-order valence-corrected chi connectivity index (χ1v) is 8.32. The van der Waals surface area contributed by atoms with E-state index in [1.165, 1.54) is 11.8 Å². The van der Waals surface area contributed by atoms with Gasteiger partial charge >= 0.3 is 0 Å². The number of hydrogen-bond donors (Lipinski definition) is 0. The zero-order valence-electron chi connectivity index (χ0n) is 7.91. The van der Waals surface area contributed by atoms with Gasteiger partial charge in [-0.25, -0.2) is 13.4 Å². The van der Waals surface area contributed by atoms with Gasteiger partial charge in [0.25, 0.3) is 0 Å². The van der Waals surface area contributed by atoms with Crippen molar-refractivity contribution in [1.29, 1.82) is 0 Å². The van der Waals surface area contributed by atoms with Crippen molar-refractivity contribution in [2.75, 3.05) is 11.5 Å². The van der Waals surface area contributed by atoms with Gasteiger partial charge in [-0.1, -0.05) is 0 Å². The molecule has 0 spiro atoms. The van der Waals surface area contributed by atoms with Crippen molar-refractivity contribution in [2.24, 2.45) is 0 Å². The molecule has 15 heavy (non-hydrogen) atoms. The first-order chi connectivity index (χ1) is 6.88. The van der Waals surface area contributed by atoms with E-state index in [4.69, 9.17) is 10.7 Å². The van der Waals surface area contributed by atoms with Gasteiger partial charge in [-0.05, 0) is 35.0 Å². The minimum absolute atomic E-state index is 0.0456. The lowest BCUT2D eigenvalue weighted by molar-refractivity contribution is 0.611. The Labute approximate surface area is 106 Å². The highest BCUT2D eigenvalue weighted by molar-refractivity contribution is 9.10. The van der Waals surface area contributed by atoms with E-state index in [9.17, 15) is 8.42 Å². The quantitative estimate of drug-likeness (QED) is 0.629. The third kappa shape index (κ3) is 5.19. The molecular formula is C8H9BrClNO2S2. The fourth-order valence-corrected chi connectivity index (χ4v) is 3.34. The fraction of sp³-hybridized carbons (Fsp3) is 0.375. The number of aromatic nitrogens is 1. The Kier molecular flexibility index (Phi) is 4.89. The molecule has 0 saturated carbocycles. The molecule has 0 N–H and O–H groups in total. The molecule has 1 aromatic heterocycles. The molecule has 0 bridgehead atoms. The number of rotatable bonds is 4. The van der Waals surface area contributed by atoms with E-state index in [1.54, 1.807) is 0 Å². The average Bonchev–Trinajstić information content (AvgIpc) is 2.09. The highest BCUT2D eigenvalue weighted by atomic mass is 79.9. The lowest BCUT2D eigenvalue weighted by atomic mass is 10.4. The van der Waals surface area contributed by atoms with Gasteiger partial charge in [0, 0.05) is 20.9 Å². The van der Waals surface area contributed by atoms with E-state index in [0.29, 0.717) is 5.75 Å². The van der Waals surface area contributed by atoms with Crippen LogP contribution >= 0.6 is 38.4 Å². The van der Waals surface area contributed by atoms with Crippen LogP contribution in [-0.2, 0) is 9.05 Å². The summed E-state index contributed by atoms with van der Waals surface area (Å²) in [6.07, 6.45) is 0. The number of hydrogen-bond acceptors (Lipinski definition) is 4. The van der Waals surface area contributed by atoms with Crippen molar-refractivity contribution in [3.05, 3.63) is 22.3 Å². The van der Waals surface area contributed by atoms with Crippen LogP contribution in [0.3, 0.4) is 0 Å². The highest BCUT2D eigenvalue weighted by Gasteiger charge is 2.06. The van der Waals surface area contributed by atoms with E-state index >= 15 is 0 Å². The van der Waals surface area contributed by atoms with Gasteiger partial charge in [0.05, 0.1) is 16.5 Å². The summed E-state index contributed by atoms with van der Waals surface area (Å²) in [6.45, 7) is 1.88. The molecule has 3 nitrogen and oxygen atoms in total. The van der Waals surface area contributed by atoms with E-state index in [2.05, 4.69) is 20.9 Å². The van der Waals surface area contributed by atoms with Gasteiger partial charge in [0.15, 0.2) is 0 Å². The predicted molar refractivity (Wildman–Crippen MR) is 67.0 cm³/mol. The maximum absolute atomic E-state index is 10.7. The van der Waals surface area contributed by atoms with E-state index in [-0.39, 0.29) is 5.75 Å². The van der Waals surface area contributed by atoms with Gasteiger partial charge in [0.1, 0.15) is 0 Å². The standard InChI is InChI=1S/C8H9BrClNO2S2/c1-6-7(9)2-3-8(11-6)14-4-5-15(10,12)13/h2-3H,4-5H2,1H3.